The topological polar surface area (TPSA) is 43.4 Å². The molecule has 0 saturated heterocycles. The Balaban J connectivity index is 1.46. The maximum Gasteiger partial charge on any atom is 0.213 e. The molecule has 0 aliphatic rings. The predicted molar refractivity (Wildman–Crippen MR) is 111 cm³/mol. The van der Waals surface area contributed by atoms with Crippen LogP contribution >= 0.6 is 15.9 Å². The summed E-state index contributed by atoms with van der Waals surface area (Å²) in [6.07, 6.45) is 2.57. The number of nitrogens with zero attached hydrogens (tertiary/aromatic N) is 1. The van der Waals surface area contributed by atoms with Crippen LogP contribution in [-0.2, 0) is 13.2 Å². The molecule has 2 aromatic carbocycles. The number of halogens is 2. The van der Waals surface area contributed by atoms with Crippen LogP contribution in [0.5, 0.6) is 11.6 Å². The fourth-order valence-electron chi connectivity index (χ4n) is 2.63. The Labute approximate surface area is 172 Å². The molecule has 0 aliphatic heterocycles. The van der Waals surface area contributed by atoms with E-state index in [2.05, 4.69) is 26.2 Å². The number of hydrogen-bond acceptors (Lipinski definition) is 4. The summed E-state index contributed by atoms with van der Waals surface area (Å²) in [4.78, 5) is 4.13. The molecule has 28 heavy (non-hydrogen) atoms. The van der Waals surface area contributed by atoms with Crippen molar-refractivity contribution in [2.75, 3.05) is 13.2 Å². The van der Waals surface area contributed by atoms with E-state index in [0.717, 1.165) is 28.8 Å². The first-order chi connectivity index (χ1) is 13.7. The molecule has 0 amide bonds. The van der Waals surface area contributed by atoms with E-state index in [9.17, 15) is 4.39 Å². The molecule has 1 aromatic heterocycles. The van der Waals surface area contributed by atoms with Crippen molar-refractivity contribution in [1.29, 1.82) is 0 Å². The lowest BCUT2D eigenvalue weighted by atomic mass is 10.2. The summed E-state index contributed by atoms with van der Waals surface area (Å²) in [6, 6.07) is 18.1. The van der Waals surface area contributed by atoms with Gasteiger partial charge in [0.2, 0.25) is 5.88 Å². The Morgan fingerprint density at radius 2 is 1.82 bits per heavy atom. The van der Waals surface area contributed by atoms with Gasteiger partial charge in [-0.3, -0.25) is 0 Å². The van der Waals surface area contributed by atoms with Crippen LogP contribution in [0, 0.1) is 5.82 Å². The summed E-state index contributed by atoms with van der Waals surface area (Å²) in [6.45, 7) is 2.24. The van der Waals surface area contributed by atoms with Crippen molar-refractivity contribution in [3.05, 3.63) is 88.3 Å². The normalized spacial score (nSPS) is 10.6. The van der Waals surface area contributed by atoms with Crippen LogP contribution < -0.4 is 14.8 Å². The molecule has 1 heterocycles. The quantitative estimate of drug-likeness (QED) is 0.440. The van der Waals surface area contributed by atoms with Gasteiger partial charge in [-0.1, -0.05) is 40.2 Å². The van der Waals surface area contributed by atoms with Crippen molar-refractivity contribution in [2.24, 2.45) is 0 Å². The number of pyridine rings is 1. The van der Waals surface area contributed by atoms with Crippen LogP contribution in [0.15, 0.2) is 71.3 Å². The van der Waals surface area contributed by atoms with Gasteiger partial charge in [0.25, 0.3) is 0 Å². The summed E-state index contributed by atoms with van der Waals surface area (Å²) >= 11 is 3.49. The van der Waals surface area contributed by atoms with E-state index >= 15 is 0 Å². The minimum absolute atomic E-state index is 0.194. The van der Waals surface area contributed by atoms with Crippen LogP contribution in [-0.4, -0.2) is 18.1 Å². The minimum atomic E-state index is -0.257. The second-order valence-electron chi connectivity index (χ2n) is 6.18. The molecule has 0 radical (unpaired) electrons. The third-order valence-electron chi connectivity index (χ3n) is 4.06. The number of hydrogen-bond donors (Lipinski definition) is 1. The Hall–Kier alpha value is -2.44. The second kappa shape index (κ2) is 10.8. The average Bonchev–Trinajstić information content (AvgIpc) is 2.72. The molecular weight excluding hydrogens is 423 g/mol. The lowest BCUT2D eigenvalue weighted by Gasteiger charge is -2.13. The van der Waals surface area contributed by atoms with Crippen molar-refractivity contribution in [3.63, 3.8) is 0 Å². The Morgan fingerprint density at radius 3 is 2.64 bits per heavy atom. The second-order valence-corrected chi connectivity index (χ2v) is 7.09. The van der Waals surface area contributed by atoms with Gasteiger partial charge < -0.3 is 14.8 Å². The predicted octanol–water partition coefficient (Wildman–Crippen LogP) is 5.12. The number of ether oxygens (including phenoxy) is 2. The first-order valence-electron chi connectivity index (χ1n) is 9.11. The SMILES string of the molecule is Fc1ccccc1COc1ccc(Br)cc1CNCCCOc1ccccn1. The lowest BCUT2D eigenvalue weighted by Crippen LogP contribution is -2.17. The van der Waals surface area contributed by atoms with E-state index in [-0.39, 0.29) is 12.4 Å². The Bertz CT molecular complexity index is 877. The standard InChI is InChI=1S/C22H22BrFN2O2/c23-19-9-10-21(28-16-17-6-1-2-7-20(17)24)18(14-19)15-25-11-5-13-27-22-8-3-4-12-26-22/h1-4,6-10,12,14,25H,5,11,13,15-16H2. The number of nitrogens with one attached hydrogen (secondary N) is 1. The first kappa shape index (κ1) is 20.3. The van der Waals surface area contributed by atoms with Crippen LogP contribution in [0.1, 0.15) is 17.5 Å². The molecule has 4 nitrogen and oxygen atoms in total. The van der Waals surface area contributed by atoms with Crippen molar-refractivity contribution in [1.82, 2.24) is 10.3 Å². The molecule has 3 aromatic rings. The van der Waals surface area contributed by atoms with E-state index in [1.54, 1.807) is 24.4 Å². The summed E-state index contributed by atoms with van der Waals surface area (Å²) in [7, 11) is 0. The third kappa shape index (κ3) is 6.32. The fraction of sp³-hybridized carbons (Fsp3) is 0.227. The Kier molecular flexibility index (Phi) is 7.82. The van der Waals surface area contributed by atoms with E-state index in [1.807, 2.05) is 36.4 Å². The zero-order valence-corrected chi connectivity index (χ0v) is 17.0. The molecule has 6 heteroatoms. The highest BCUT2D eigenvalue weighted by molar-refractivity contribution is 9.10. The van der Waals surface area contributed by atoms with Crippen molar-refractivity contribution in [3.8, 4) is 11.6 Å². The van der Waals surface area contributed by atoms with E-state index < -0.39 is 0 Å². The maximum absolute atomic E-state index is 13.8. The molecule has 0 saturated carbocycles. The van der Waals surface area contributed by atoms with Crippen LogP contribution in [0.3, 0.4) is 0 Å². The smallest absolute Gasteiger partial charge is 0.213 e. The van der Waals surface area contributed by atoms with Gasteiger partial charge in [-0.2, -0.15) is 0 Å². The fourth-order valence-corrected chi connectivity index (χ4v) is 3.04. The highest BCUT2D eigenvalue weighted by atomic mass is 79.9. The molecular formula is C22H22BrFN2O2. The first-order valence-corrected chi connectivity index (χ1v) is 9.91. The van der Waals surface area contributed by atoms with Crippen molar-refractivity contribution >= 4 is 15.9 Å². The highest BCUT2D eigenvalue weighted by Crippen LogP contribution is 2.24. The highest BCUT2D eigenvalue weighted by Gasteiger charge is 2.07. The van der Waals surface area contributed by atoms with E-state index in [1.165, 1.54) is 6.07 Å². The summed E-state index contributed by atoms with van der Waals surface area (Å²) in [5.41, 5.74) is 1.55. The van der Waals surface area contributed by atoms with Crippen molar-refractivity contribution in [2.45, 2.75) is 19.6 Å². The molecule has 0 atom stereocenters. The van der Waals surface area contributed by atoms with Crippen molar-refractivity contribution < 1.29 is 13.9 Å². The average molecular weight is 445 g/mol. The molecule has 0 bridgehead atoms. The molecule has 146 valence electrons. The van der Waals surface area contributed by atoms with Crippen LogP contribution in [0.2, 0.25) is 0 Å². The monoisotopic (exact) mass is 444 g/mol. The van der Waals surface area contributed by atoms with Gasteiger partial charge in [0, 0.05) is 34.4 Å². The lowest BCUT2D eigenvalue weighted by molar-refractivity contribution is 0.292. The van der Waals surface area contributed by atoms with Gasteiger partial charge in [0.05, 0.1) is 6.61 Å². The molecule has 0 unspecified atom stereocenters. The number of benzene rings is 2. The van der Waals surface area contributed by atoms with Gasteiger partial charge in [-0.15, -0.1) is 0 Å². The zero-order valence-electron chi connectivity index (χ0n) is 15.4. The largest absolute Gasteiger partial charge is 0.488 e. The molecule has 0 fully saturated rings. The van der Waals surface area contributed by atoms with Gasteiger partial charge in [-0.05, 0) is 43.3 Å². The van der Waals surface area contributed by atoms with Gasteiger partial charge >= 0.3 is 0 Å². The molecule has 0 spiro atoms. The molecule has 1 N–H and O–H groups in total. The number of rotatable bonds is 10. The Morgan fingerprint density at radius 1 is 0.964 bits per heavy atom. The summed E-state index contributed by atoms with van der Waals surface area (Å²) in [5, 5.41) is 3.39. The van der Waals surface area contributed by atoms with Crippen LogP contribution in [0.25, 0.3) is 0 Å². The van der Waals surface area contributed by atoms with Gasteiger partial charge in [-0.25, -0.2) is 9.37 Å². The maximum atomic E-state index is 13.8. The summed E-state index contributed by atoms with van der Waals surface area (Å²) in [5.74, 6) is 1.12. The zero-order chi connectivity index (χ0) is 19.6. The van der Waals surface area contributed by atoms with Gasteiger partial charge in [0.1, 0.15) is 18.2 Å². The summed E-state index contributed by atoms with van der Waals surface area (Å²) < 4.78 is 26.2. The molecule has 3 rings (SSSR count). The van der Waals surface area contributed by atoms with Gasteiger partial charge in [0.15, 0.2) is 0 Å². The van der Waals surface area contributed by atoms with E-state index in [0.29, 0.717) is 24.6 Å². The minimum Gasteiger partial charge on any atom is -0.488 e. The number of aromatic nitrogens is 1. The molecule has 0 aliphatic carbocycles. The van der Waals surface area contributed by atoms with Crippen LogP contribution in [0.4, 0.5) is 4.39 Å². The van der Waals surface area contributed by atoms with E-state index in [4.69, 9.17) is 9.47 Å². The third-order valence-corrected chi connectivity index (χ3v) is 4.56.